The molecule has 0 spiro atoms. The quantitative estimate of drug-likeness (QED) is 0.714. The van der Waals surface area contributed by atoms with Crippen LogP contribution in [0.4, 0.5) is 0 Å². The van der Waals surface area contributed by atoms with Gasteiger partial charge in [-0.3, -0.25) is 0 Å². The van der Waals surface area contributed by atoms with Crippen molar-refractivity contribution >= 4 is 23.7 Å². The molecule has 1 aromatic carbocycles. The Labute approximate surface area is 106 Å². The SMILES string of the molecule is CC[C@H]1CCNC1c1nc2ccc(S)cc2[nH]1. The van der Waals surface area contributed by atoms with Gasteiger partial charge in [-0.05, 0) is 37.1 Å². The average Bonchev–Trinajstić information content (AvgIpc) is 2.93. The Balaban J connectivity index is 2.00. The second-order valence-electron chi connectivity index (χ2n) is 4.71. The number of thiol groups is 1. The van der Waals surface area contributed by atoms with E-state index >= 15 is 0 Å². The van der Waals surface area contributed by atoms with Gasteiger partial charge >= 0.3 is 0 Å². The lowest BCUT2D eigenvalue weighted by Gasteiger charge is -2.14. The zero-order chi connectivity index (χ0) is 11.8. The molecule has 2 atom stereocenters. The Morgan fingerprint density at radius 3 is 3.18 bits per heavy atom. The van der Waals surface area contributed by atoms with Crippen molar-refractivity contribution in [2.24, 2.45) is 5.92 Å². The fourth-order valence-electron chi connectivity index (χ4n) is 2.68. The van der Waals surface area contributed by atoms with E-state index in [1.54, 1.807) is 0 Å². The number of hydrogen-bond acceptors (Lipinski definition) is 3. The zero-order valence-electron chi connectivity index (χ0n) is 9.90. The highest BCUT2D eigenvalue weighted by Gasteiger charge is 2.28. The summed E-state index contributed by atoms with van der Waals surface area (Å²) >= 11 is 4.35. The Hall–Kier alpha value is -1.00. The van der Waals surface area contributed by atoms with Crippen LogP contribution in [-0.2, 0) is 0 Å². The van der Waals surface area contributed by atoms with Gasteiger partial charge in [-0.15, -0.1) is 12.6 Å². The van der Waals surface area contributed by atoms with Gasteiger partial charge in [0.25, 0.3) is 0 Å². The lowest BCUT2D eigenvalue weighted by molar-refractivity contribution is 0.435. The minimum absolute atomic E-state index is 0.385. The average molecular weight is 247 g/mol. The highest BCUT2D eigenvalue weighted by Crippen LogP contribution is 2.31. The molecule has 0 saturated carbocycles. The molecule has 1 unspecified atom stereocenters. The second-order valence-corrected chi connectivity index (χ2v) is 5.23. The Morgan fingerprint density at radius 2 is 2.35 bits per heavy atom. The van der Waals surface area contributed by atoms with Gasteiger partial charge < -0.3 is 10.3 Å². The maximum absolute atomic E-state index is 4.68. The minimum Gasteiger partial charge on any atom is -0.341 e. The molecule has 2 N–H and O–H groups in total. The summed E-state index contributed by atoms with van der Waals surface area (Å²) in [6.45, 7) is 3.34. The van der Waals surface area contributed by atoms with Gasteiger partial charge in [0.1, 0.15) is 5.82 Å². The zero-order valence-corrected chi connectivity index (χ0v) is 10.8. The van der Waals surface area contributed by atoms with Crippen LogP contribution in [0.3, 0.4) is 0 Å². The van der Waals surface area contributed by atoms with E-state index in [9.17, 15) is 0 Å². The topological polar surface area (TPSA) is 40.7 Å². The summed E-state index contributed by atoms with van der Waals surface area (Å²) in [5.41, 5.74) is 2.11. The van der Waals surface area contributed by atoms with Crippen LogP contribution in [0.25, 0.3) is 11.0 Å². The molecule has 3 rings (SSSR count). The number of hydrogen-bond donors (Lipinski definition) is 3. The summed E-state index contributed by atoms with van der Waals surface area (Å²) in [5, 5.41) is 3.54. The molecule has 1 aliphatic heterocycles. The number of rotatable bonds is 2. The first-order valence-electron chi connectivity index (χ1n) is 6.20. The third kappa shape index (κ3) is 1.96. The predicted octanol–water partition coefficient (Wildman–Crippen LogP) is 2.91. The van der Waals surface area contributed by atoms with Gasteiger partial charge in [0.15, 0.2) is 0 Å². The molecule has 2 aromatic rings. The molecular weight excluding hydrogens is 230 g/mol. The molecule has 0 radical (unpaired) electrons. The van der Waals surface area contributed by atoms with Gasteiger partial charge in [-0.2, -0.15) is 0 Å². The van der Waals surface area contributed by atoms with Crippen LogP contribution in [0.2, 0.25) is 0 Å². The summed E-state index contributed by atoms with van der Waals surface area (Å²) in [7, 11) is 0. The molecule has 90 valence electrons. The molecule has 1 aromatic heterocycles. The van der Waals surface area contributed by atoms with E-state index in [1.807, 2.05) is 18.2 Å². The summed E-state index contributed by atoms with van der Waals surface area (Å²) < 4.78 is 0. The Morgan fingerprint density at radius 1 is 1.47 bits per heavy atom. The number of aromatic nitrogens is 2. The smallest absolute Gasteiger partial charge is 0.124 e. The minimum atomic E-state index is 0.385. The number of H-pyrrole nitrogens is 1. The largest absolute Gasteiger partial charge is 0.341 e. The van der Waals surface area contributed by atoms with Gasteiger partial charge in [-0.25, -0.2) is 4.98 Å². The number of imidazole rings is 1. The lowest BCUT2D eigenvalue weighted by atomic mass is 9.97. The fraction of sp³-hybridized carbons (Fsp3) is 0.462. The molecule has 17 heavy (non-hydrogen) atoms. The first-order chi connectivity index (χ1) is 8.28. The maximum Gasteiger partial charge on any atom is 0.124 e. The summed E-state index contributed by atoms with van der Waals surface area (Å²) in [5.74, 6) is 1.77. The highest BCUT2D eigenvalue weighted by molar-refractivity contribution is 7.80. The van der Waals surface area contributed by atoms with Crippen molar-refractivity contribution < 1.29 is 0 Å². The third-order valence-corrected chi connectivity index (χ3v) is 3.93. The molecular formula is C13H17N3S. The molecule has 4 heteroatoms. The number of benzene rings is 1. The molecule has 0 amide bonds. The summed E-state index contributed by atoms with van der Waals surface area (Å²) in [6, 6.07) is 6.42. The van der Waals surface area contributed by atoms with Crippen LogP contribution in [0.1, 0.15) is 31.6 Å². The first-order valence-corrected chi connectivity index (χ1v) is 6.64. The number of fused-ring (bicyclic) bond motifs is 1. The Bertz CT molecular complexity index is 534. The third-order valence-electron chi connectivity index (χ3n) is 3.65. The normalized spacial score (nSPS) is 24.6. The van der Waals surface area contributed by atoms with Crippen LogP contribution < -0.4 is 5.32 Å². The van der Waals surface area contributed by atoms with Crippen molar-refractivity contribution in [2.75, 3.05) is 6.54 Å². The molecule has 0 aliphatic carbocycles. The standard InChI is InChI=1S/C13H17N3S/c1-2-8-5-6-14-12(8)13-15-10-4-3-9(17)7-11(10)16-13/h3-4,7-8,12,14,17H,2,5-6H2,1H3,(H,15,16)/t8-,12?/m0/s1. The number of nitrogens with one attached hydrogen (secondary N) is 2. The number of nitrogens with zero attached hydrogens (tertiary/aromatic N) is 1. The fourth-order valence-corrected chi connectivity index (χ4v) is 2.89. The van der Waals surface area contributed by atoms with Crippen molar-refractivity contribution in [3.63, 3.8) is 0 Å². The Kier molecular flexibility index (Phi) is 2.84. The van der Waals surface area contributed by atoms with Crippen molar-refractivity contribution in [3.8, 4) is 0 Å². The van der Waals surface area contributed by atoms with E-state index in [0.29, 0.717) is 12.0 Å². The van der Waals surface area contributed by atoms with Gasteiger partial charge in [0.05, 0.1) is 17.1 Å². The van der Waals surface area contributed by atoms with Crippen LogP contribution >= 0.6 is 12.6 Å². The summed E-state index contributed by atoms with van der Waals surface area (Å²) in [4.78, 5) is 9.07. The lowest BCUT2D eigenvalue weighted by Crippen LogP contribution is -2.18. The van der Waals surface area contributed by atoms with Crippen LogP contribution in [0, 0.1) is 5.92 Å². The molecule has 2 heterocycles. The van der Waals surface area contributed by atoms with Crippen molar-refractivity contribution in [3.05, 3.63) is 24.0 Å². The molecule has 3 nitrogen and oxygen atoms in total. The van der Waals surface area contributed by atoms with Crippen LogP contribution in [0.15, 0.2) is 23.1 Å². The highest BCUT2D eigenvalue weighted by atomic mass is 32.1. The monoisotopic (exact) mass is 247 g/mol. The second kappa shape index (κ2) is 4.35. The molecule has 1 fully saturated rings. The predicted molar refractivity (Wildman–Crippen MR) is 72.5 cm³/mol. The van der Waals surface area contributed by atoms with Gasteiger partial charge in [0.2, 0.25) is 0 Å². The number of aromatic amines is 1. The van der Waals surface area contributed by atoms with Crippen LogP contribution in [-0.4, -0.2) is 16.5 Å². The van der Waals surface area contributed by atoms with Gasteiger partial charge in [0, 0.05) is 4.90 Å². The summed E-state index contributed by atoms with van der Waals surface area (Å²) in [6.07, 6.45) is 2.45. The van der Waals surface area contributed by atoms with Crippen molar-refractivity contribution in [1.29, 1.82) is 0 Å². The van der Waals surface area contributed by atoms with Crippen molar-refractivity contribution in [1.82, 2.24) is 15.3 Å². The first kappa shape index (κ1) is 11.1. The van der Waals surface area contributed by atoms with E-state index in [1.165, 1.54) is 12.8 Å². The van der Waals surface area contributed by atoms with E-state index < -0.39 is 0 Å². The van der Waals surface area contributed by atoms with Crippen molar-refractivity contribution in [2.45, 2.75) is 30.7 Å². The van der Waals surface area contributed by atoms with E-state index in [4.69, 9.17) is 0 Å². The van der Waals surface area contributed by atoms with E-state index in [0.717, 1.165) is 28.3 Å². The van der Waals surface area contributed by atoms with Crippen LogP contribution in [0.5, 0.6) is 0 Å². The van der Waals surface area contributed by atoms with E-state index in [2.05, 4.69) is 34.8 Å². The molecule has 1 saturated heterocycles. The molecule has 1 aliphatic rings. The van der Waals surface area contributed by atoms with E-state index in [-0.39, 0.29) is 0 Å². The maximum atomic E-state index is 4.68. The molecule has 0 bridgehead atoms. The van der Waals surface area contributed by atoms with Gasteiger partial charge in [-0.1, -0.05) is 13.3 Å².